The number of phenols is 1. The molecule has 0 fully saturated rings. The Hall–Kier alpha value is -1.97. The van der Waals surface area contributed by atoms with E-state index in [1.165, 1.54) is 10.6 Å². The number of nitrogens with one attached hydrogen (secondary N) is 1. The highest BCUT2D eigenvalue weighted by Gasteiger charge is 1.99. The SMILES string of the molecule is O=c1[nH]ccn1-c1cccc(O)c1. The van der Waals surface area contributed by atoms with E-state index in [9.17, 15) is 9.90 Å². The van der Waals surface area contributed by atoms with Crippen LogP contribution < -0.4 is 5.69 Å². The van der Waals surface area contributed by atoms with E-state index < -0.39 is 0 Å². The van der Waals surface area contributed by atoms with Crippen molar-refractivity contribution >= 4 is 0 Å². The Bertz CT molecular complexity index is 470. The van der Waals surface area contributed by atoms with Crippen LogP contribution in [0.1, 0.15) is 0 Å². The van der Waals surface area contributed by atoms with Crippen molar-refractivity contribution in [2.24, 2.45) is 0 Å². The second-order valence-electron chi connectivity index (χ2n) is 2.66. The van der Waals surface area contributed by atoms with Crippen LogP contribution in [0.2, 0.25) is 0 Å². The molecule has 2 aromatic rings. The van der Waals surface area contributed by atoms with Crippen molar-refractivity contribution in [3.8, 4) is 11.4 Å². The van der Waals surface area contributed by atoms with Gasteiger partial charge >= 0.3 is 5.69 Å². The normalized spacial score (nSPS) is 10.2. The topological polar surface area (TPSA) is 58.0 Å². The highest BCUT2D eigenvalue weighted by Crippen LogP contribution is 2.12. The highest BCUT2D eigenvalue weighted by molar-refractivity contribution is 5.38. The second kappa shape index (κ2) is 2.82. The summed E-state index contributed by atoms with van der Waals surface area (Å²) in [7, 11) is 0. The maximum atomic E-state index is 11.2. The van der Waals surface area contributed by atoms with Crippen LogP contribution in [-0.2, 0) is 0 Å². The number of aromatic amines is 1. The number of aromatic nitrogens is 2. The van der Waals surface area contributed by atoms with Crippen molar-refractivity contribution < 1.29 is 5.11 Å². The van der Waals surface area contributed by atoms with Crippen LogP contribution in [0.4, 0.5) is 0 Å². The van der Waals surface area contributed by atoms with Gasteiger partial charge in [-0.1, -0.05) is 6.07 Å². The third-order valence-electron chi connectivity index (χ3n) is 1.76. The van der Waals surface area contributed by atoms with Gasteiger partial charge < -0.3 is 10.1 Å². The molecule has 1 aromatic heterocycles. The minimum Gasteiger partial charge on any atom is -0.508 e. The average Bonchev–Trinajstić information content (AvgIpc) is 2.51. The Kier molecular flexibility index (Phi) is 1.66. The molecule has 0 radical (unpaired) electrons. The molecular weight excluding hydrogens is 168 g/mol. The maximum absolute atomic E-state index is 11.2. The molecule has 0 bridgehead atoms. The highest BCUT2D eigenvalue weighted by atomic mass is 16.3. The van der Waals surface area contributed by atoms with Crippen LogP contribution in [0.3, 0.4) is 0 Å². The molecule has 0 aliphatic heterocycles. The molecule has 0 spiro atoms. The van der Waals surface area contributed by atoms with Crippen molar-refractivity contribution in [3.63, 3.8) is 0 Å². The third kappa shape index (κ3) is 1.33. The number of benzene rings is 1. The van der Waals surface area contributed by atoms with Crippen molar-refractivity contribution in [1.29, 1.82) is 0 Å². The monoisotopic (exact) mass is 176 g/mol. The van der Waals surface area contributed by atoms with Crippen LogP contribution in [-0.4, -0.2) is 14.7 Å². The number of phenolic OH excluding ortho intramolecular Hbond substituents is 1. The van der Waals surface area contributed by atoms with Gasteiger partial charge in [0.05, 0.1) is 5.69 Å². The van der Waals surface area contributed by atoms with Crippen LogP contribution in [0, 0.1) is 0 Å². The fourth-order valence-corrected chi connectivity index (χ4v) is 1.17. The predicted molar refractivity (Wildman–Crippen MR) is 48.1 cm³/mol. The van der Waals surface area contributed by atoms with E-state index in [1.807, 2.05) is 0 Å². The lowest BCUT2D eigenvalue weighted by atomic mass is 10.3. The van der Waals surface area contributed by atoms with Gasteiger partial charge in [0.15, 0.2) is 0 Å². The first kappa shape index (κ1) is 7.67. The van der Waals surface area contributed by atoms with Crippen LogP contribution in [0.25, 0.3) is 5.69 Å². The summed E-state index contributed by atoms with van der Waals surface area (Å²) in [4.78, 5) is 13.7. The molecule has 2 N–H and O–H groups in total. The molecule has 0 aliphatic carbocycles. The predicted octanol–water partition coefficient (Wildman–Crippen LogP) is 0.871. The fraction of sp³-hybridized carbons (Fsp3) is 0. The Labute approximate surface area is 74.1 Å². The quantitative estimate of drug-likeness (QED) is 0.677. The first-order valence-corrected chi connectivity index (χ1v) is 3.83. The van der Waals surface area contributed by atoms with E-state index in [4.69, 9.17) is 0 Å². The van der Waals surface area contributed by atoms with Gasteiger partial charge in [-0.25, -0.2) is 4.79 Å². The summed E-state index contributed by atoms with van der Waals surface area (Å²) in [6.07, 6.45) is 3.16. The molecule has 4 nitrogen and oxygen atoms in total. The van der Waals surface area contributed by atoms with E-state index >= 15 is 0 Å². The van der Waals surface area contributed by atoms with Crippen LogP contribution in [0.5, 0.6) is 5.75 Å². The molecule has 0 saturated carbocycles. The smallest absolute Gasteiger partial charge is 0.330 e. The van der Waals surface area contributed by atoms with Crippen LogP contribution in [0.15, 0.2) is 41.5 Å². The third-order valence-corrected chi connectivity index (χ3v) is 1.76. The largest absolute Gasteiger partial charge is 0.508 e. The summed E-state index contributed by atoms with van der Waals surface area (Å²) in [6.45, 7) is 0. The minimum atomic E-state index is -0.217. The van der Waals surface area contributed by atoms with Gasteiger partial charge in [-0.05, 0) is 12.1 Å². The zero-order valence-corrected chi connectivity index (χ0v) is 6.77. The average molecular weight is 176 g/mol. The molecule has 1 heterocycles. The standard InChI is InChI=1S/C9H8N2O2/c12-8-3-1-2-7(6-8)11-5-4-10-9(11)13/h1-6,12H,(H,10,13). The van der Waals surface area contributed by atoms with Gasteiger partial charge in [-0.15, -0.1) is 0 Å². The Balaban J connectivity index is 2.59. The zero-order chi connectivity index (χ0) is 9.26. The summed E-state index contributed by atoms with van der Waals surface area (Å²) in [5.74, 6) is 0.144. The fourth-order valence-electron chi connectivity index (χ4n) is 1.17. The van der Waals surface area contributed by atoms with E-state index in [-0.39, 0.29) is 11.4 Å². The van der Waals surface area contributed by atoms with E-state index in [1.54, 1.807) is 30.6 Å². The number of hydrogen-bond donors (Lipinski definition) is 2. The van der Waals surface area contributed by atoms with E-state index in [2.05, 4.69) is 4.98 Å². The first-order valence-electron chi connectivity index (χ1n) is 3.83. The molecule has 1 aromatic carbocycles. The summed E-state index contributed by atoms with van der Waals surface area (Å²) >= 11 is 0. The molecule has 66 valence electrons. The number of imidazole rings is 1. The molecule has 0 aliphatic rings. The second-order valence-corrected chi connectivity index (χ2v) is 2.66. The molecule has 2 rings (SSSR count). The van der Waals surface area contributed by atoms with Crippen molar-refractivity contribution in [2.45, 2.75) is 0 Å². The lowest BCUT2D eigenvalue weighted by Crippen LogP contribution is -2.13. The summed E-state index contributed by atoms with van der Waals surface area (Å²) in [5, 5.41) is 9.18. The molecule has 0 atom stereocenters. The number of H-pyrrole nitrogens is 1. The lowest BCUT2D eigenvalue weighted by molar-refractivity contribution is 0.475. The Morgan fingerprint density at radius 3 is 2.85 bits per heavy atom. The van der Waals surface area contributed by atoms with Gasteiger partial charge in [0.1, 0.15) is 5.75 Å². The first-order chi connectivity index (χ1) is 6.27. The van der Waals surface area contributed by atoms with Crippen molar-refractivity contribution in [1.82, 2.24) is 9.55 Å². The van der Waals surface area contributed by atoms with Crippen LogP contribution >= 0.6 is 0 Å². The molecule has 0 unspecified atom stereocenters. The molecular formula is C9H8N2O2. The zero-order valence-electron chi connectivity index (χ0n) is 6.77. The molecule has 0 amide bonds. The van der Waals surface area contributed by atoms with Gasteiger partial charge in [0.25, 0.3) is 0 Å². The Morgan fingerprint density at radius 2 is 2.23 bits per heavy atom. The van der Waals surface area contributed by atoms with E-state index in [0.29, 0.717) is 5.69 Å². The minimum absolute atomic E-state index is 0.144. The number of nitrogens with zero attached hydrogens (tertiary/aromatic N) is 1. The number of rotatable bonds is 1. The van der Waals surface area contributed by atoms with E-state index in [0.717, 1.165) is 0 Å². The molecule has 13 heavy (non-hydrogen) atoms. The van der Waals surface area contributed by atoms with Gasteiger partial charge in [0.2, 0.25) is 0 Å². The van der Waals surface area contributed by atoms with Gasteiger partial charge in [-0.3, -0.25) is 4.57 Å². The molecule has 4 heteroatoms. The van der Waals surface area contributed by atoms with Crippen molar-refractivity contribution in [2.75, 3.05) is 0 Å². The van der Waals surface area contributed by atoms with Crippen molar-refractivity contribution in [3.05, 3.63) is 47.1 Å². The number of aromatic hydroxyl groups is 1. The van der Waals surface area contributed by atoms with Gasteiger partial charge in [-0.2, -0.15) is 0 Å². The summed E-state index contributed by atoms with van der Waals surface area (Å²) < 4.78 is 1.42. The number of hydrogen-bond acceptors (Lipinski definition) is 2. The lowest BCUT2D eigenvalue weighted by Gasteiger charge is -2.00. The van der Waals surface area contributed by atoms with Gasteiger partial charge in [0, 0.05) is 18.5 Å². The Morgan fingerprint density at radius 1 is 1.38 bits per heavy atom. The summed E-state index contributed by atoms with van der Waals surface area (Å²) in [6, 6.07) is 6.51. The maximum Gasteiger partial charge on any atom is 0.330 e. The summed E-state index contributed by atoms with van der Waals surface area (Å²) in [5.41, 5.74) is 0.428. The molecule has 0 saturated heterocycles.